The summed E-state index contributed by atoms with van der Waals surface area (Å²) in [5, 5.41) is 5.41. The lowest BCUT2D eigenvalue weighted by Gasteiger charge is -2.29. The summed E-state index contributed by atoms with van der Waals surface area (Å²) in [6, 6.07) is -0.863. The van der Waals surface area contributed by atoms with E-state index >= 15 is 0 Å². The minimum absolute atomic E-state index is 0.0289. The Bertz CT molecular complexity index is 895. The number of benzene rings is 1. The molecule has 5 amide bonds. The maximum absolute atomic E-state index is 13.6. The minimum Gasteiger partial charge on any atom is -0.370 e. The summed E-state index contributed by atoms with van der Waals surface area (Å²) < 4.78 is 69.9. The zero-order valence-electron chi connectivity index (χ0n) is 16.2. The quantitative estimate of drug-likeness (QED) is 0.340. The highest BCUT2D eigenvalue weighted by Crippen LogP contribution is 2.38. The molecular weight excluding hydrogens is 449 g/mol. The van der Waals surface area contributed by atoms with Crippen LogP contribution in [0.3, 0.4) is 0 Å². The molecule has 5 N–H and O–H groups in total. The van der Waals surface area contributed by atoms with E-state index in [2.05, 4.69) is 0 Å². The summed E-state index contributed by atoms with van der Waals surface area (Å²) in [6.07, 6.45) is -7.82. The van der Waals surface area contributed by atoms with E-state index in [-0.39, 0.29) is 13.2 Å². The second-order valence-electron chi connectivity index (χ2n) is 6.40. The number of morpholine rings is 1. The molecule has 0 aromatic heterocycles. The van der Waals surface area contributed by atoms with Gasteiger partial charge in [0.2, 0.25) is 5.91 Å². The lowest BCUT2D eigenvalue weighted by Crippen LogP contribution is -2.54. The fourth-order valence-electron chi connectivity index (χ4n) is 2.68. The number of nitrogens with one attached hydrogen (secondary N) is 3. The van der Waals surface area contributed by atoms with Gasteiger partial charge in [-0.3, -0.25) is 14.4 Å². The number of nitrogens with two attached hydrogens (primary N) is 1. The normalized spacial score (nSPS) is 15.3. The zero-order chi connectivity index (χ0) is 24.1. The first-order valence-electron chi connectivity index (χ1n) is 8.92. The number of alkyl halides is 5. The zero-order valence-corrected chi connectivity index (χ0v) is 16.2. The van der Waals surface area contributed by atoms with E-state index in [0.717, 1.165) is 17.0 Å². The van der Waals surface area contributed by atoms with Crippen molar-refractivity contribution in [3.63, 3.8) is 0 Å². The SMILES string of the molecule is NC(=O)[C@@H](NC(=O)NCC(F)F)C(=O)Nc1ccc(N2CCOCC2=O)c(C(F)(F)F)c1. The first-order chi connectivity index (χ1) is 14.9. The molecule has 1 fully saturated rings. The van der Waals surface area contributed by atoms with Crippen LogP contribution in [0.25, 0.3) is 0 Å². The lowest BCUT2D eigenvalue weighted by molar-refractivity contribution is -0.137. The number of primary amides is 1. The van der Waals surface area contributed by atoms with E-state index in [1.807, 2.05) is 5.32 Å². The molecule has 32 heavy (non-hydrogen) atoms. The van der Waals surface area contributed by atoms with Crippen molar-refractivity contribution in [2.75, 3.05) is 36.5 Å². The number of halogens is 5. The van der Waals surface area contributed by atoms with Crippen LogP contribution in [0.2, 0.25) is 0 Å². The number of anilines is 2. The number of nitrogens with zero attached hydrogens (tertiary/aromatic N) is 1. The van der Waals surface area contributed by atoms with Gasteiger partial charge in [0, 0.05) is 12.2 Å². The Morgan fingerprint density at radius 2 is 1.91 bits per heavy atom. The van der Waals surface area contributed by atoms with Gasteiger partial charge in [-0.2, -0.15) is 13.2 Å². The molecule has 176 valence electrons. The Labute approximate surface area is 177 Å². The van der Waals surface area contributed by atoms with Gasteiger partial charge in [0.15, 0.2) is 6.04 Å². The fraction of sp³-hybridized carbons (Fsp3) is 0.412. The van der Waals surface area contributed by atoms with Crippen LogP contribution >= 0.6 is 0 Å². The van der Waals surface area contributed by atoms with Gasteiger partial charge >= 0.3 is 12.2 Å². The molecule has 0 aliphatic carbocycles. The molecule has 1 aliphatic rings. The third-order valence-electron chi connectivity index (χ3n) is 4.09. The lowest BCUT2D eigenvalue weighted by atomic mass is 10.1. The Morgan fingerprint density at radius 3 is 2.47 bits per heavy atom. The molecule has 1 aromatic carbocycles. The van der Waals surface area contributed by atoms with E-state index in [1.165, 1.54) is 0 Å². The summed E-state index contributed by atoms with van der Waals surface area (Å²) in [4.78, 5) is 48.0. The van der Waals surface area contributed by atoms with Crippen LogP contribution in [0.15, 0.2) is 18.2 Å². The molecule has 1 atom stereocenters. The smallest absolute Gasteiger partial charge is 0.370 e. The second-order valence-corrected chi connectivity index (χ2v) is 6.40. The number of ether oxygens (including phenoxy) is 1. The summed E-state index contributed by atoms with van der Waals surface area (Å²) >= 11 is 0. The summed E-state index contributed by atoms with van der Waals surface area (Å²) in [6.45, 7) is -1.55. The Morgan fingerprint density at radius 1 is 1.22 bits per heavy atom. The Kier molecular flexibility index (Phi) is 7.91. The second kappa shape index (κ2) is 10.2. The highest BCUT2D eigenvalue weighted by Gasteiger charge is 2.37. The van der Waals surface area contributed by atoms with Gasteiger partial charge in [-0.05, 0) is 18.2 Å². The third kappa shape index (κ3) is 6.50. The molecule has 1 aromatic rings. The van der Waals surface area contributed by atoms with Crippen molar-refractivity contribution in [2.24, 2.45) is 5.73 Å². The third-order valence-corrected chi connectivity index (χ3v) is 4.09. The van der Waals surface area contributed by atoms with Crippen molar-refractivity contribution in [1.82, 2.24) is 10.6 Å². The van der Waals surface area contributed by atoms with Crippen molar-refractivity contribution in [2.45, 2.75) is 18.6 Å². The molecule has 15 heteroatoms. The average molecular weight is 467 g/mol. The van der Waals surface area contributed by atoms with Crippen molar-refractivity contribution in [3.8, 4) is 0 Å². The predicted molar refractivity (Wildman–Crippen MR) is 98.8 cm³/mol. The van der Waals surface area contributed by atoms with Crippen molar-refractivity contribution >= 4 is 35.1 Å². The summed E-state index contributed by atoms with van der Waals surface area (Å²) in [5.74, 6) is -3.39. The number of amides is 5. The maximum atomic E-state index is 13.6. The molecule has 0 radical (unpaired) electrons. The van der Waals surface area contributed by atoms with Gasteiger partial charge in [-0.25, -0.2) is 13.6 Å². The topological polar surface area (TPSA) is 143 Å². The van der Waals surface area contributed by atoms with E-state index in [1.54, 1.807) is 10.6 Å². The first-order valence-corrected chi connectivity index (χ1v) is 8.92. The number of hydrogen-bond donors (Lipinski definition) is 4. The summed E-state index contributed by atoms with van der Waals surface area (Å²) in [5.41, 5.74) is 2.88. The van der Waals surface area contributed by atoms with Crippen molar-refractivity contribution in [3.05, 3.63) is 23.8 Å². The molecule has 0 unspecified atom stereocenters. The summed E-state index contributed by atoms with van der Waals surface area (Å²) in [7, 11) is 0. The molecule has 0 bridgehead atoms. The maximum Gasteiger partial charge on any atom is 0.418 e. The monoisotopic (exact) mass is 467 g/mol. The van der Waals surface area contributed by atoms with Crippen LogP contribution in [0.1, 0.15) is 5.56 Å². The van der Waals surface area contributed by atoms with E-state index in [0.29, 0.717) is 6.07 Å². The van der Waals surface area contributed by atoms with Crippen LogP contribution < -0.4 is 26.6 Å². The first kappa shape index (κ1) is 24.8. The average Bonchev–Trinajstić information content (AvgIpc) is 2.70. The van der Waals surface area contributed by atoms with Crippen LogP contribution in [-0.2, 0) is 25.3 Å². The standard InChI is InChI=1S/C17H18F5N5O5/c18-11(19)6-24-16(31)26-13(14(23)29)15(30)25-8-1-2-10(9(5-8)17(20,21)22)27-3-4-32-7-12(27)28/h1-2,5,11,13H,3-4,6-7H2,(H2,23,29)(H,25,30)(H2,24,26,31)/t13-/m1/s1. The fourth-order valence-corrected chi connectivity index (χ4v) is 2.68. The van der Waals surface area contributed by atoms with Crippen LogP contribution in [0.5, 0.6) is 0 Å². The molecule has 10 nitrogen and oxygen atoms in total. The molecule has 0 spiro atoms. The molecular formula is C17H18F5N5O5. The van der Waals surface area contributed by atoms with Gasteiger partial charge in [-0.15, -0.1) is 0 Å². The minimum atomic E-state index is -4.91. The molecule has 2 rings (SSSR count). The number of carbonyl (C=O) groups excluding carboxylic acids is 4. The van der Waals surface area contributed by atoms with Gasteiger partial charge in [0.25, 0.3) is 18.2 Å². The van der Waals surface area contributed by atoms with Crippen LogP contribution in [-0.4, -0.2) is 62.5 Å². The number of urea groups is 1. The van der Waals surface area contributed by atoms with Crippen LogP contribution in [0.4, 0.5) is 38.1 Å². The Hall–Kier alpha value is -3.49. The van der Waals surface area contributed by atoms with E-state index < -0.39 is 72.5 Å². The van der Waals surface area contributed by atoms with Crippen LogP contribution in [0, 0.1) is 0 Å². The number of carbonyl (C=O) groups is 4. The highest BCUT2D eigenvalue weighted by atomic mass is 19.4. The van der Waals surface area contributed by atoms with Crippen molar-refractivity contribution < 1.29 is 45.9 Å². The van der Waals surface area contributed by atoms with Gasteiger partial charge in [-0.1, -0.05) is 0 Å². The molecule has 0 saturated carbocycles. The highest BCUT2D eigenvalue weighted by molar-refractivity contribution is 6.11. The molecule has 1 aliphatic heterocycles. The van der Waals surface area contributed by atoms with E-state index in [9.17, 15) is 41.1 Å². The van der Waals surface area contributed by atoms with Crippen molar-refractivity contribution in [1.29, 1.82) is 0 Å². The Balaban J connectivity index is 2.23. The predicted octanol–water partition coefficient (Wildman–Crippen LogP) is 0.425. The van der Waals surface area contributed by atoms with Gasteiger partial charge < -0.3 is 31.3 Å². The molecule has 1 heterocycles. The van der Waals surface area contributed by atoms with Gasteiger partial charge in [0.1, 0.15) is 6.61 Å². The number of rotatable bonds is 7. The largest absolute Gasteiger partial charge is 0.418 e. The van der Waals surface area contributed by atoms with Gasteiger partial charge in [0.05, 0.1) is 24.4 Å². The number of hydrogen-bond acceptors (Lipinski definition) is 5. The van der Waals surface area contributed by atoms with E-state index in [4.69, 9.17) is 10.5 Å². The molecule has 1 saturated heterocycles.